The predicted molar refractivity (Wildman–Crippen MR) is 96.9 cm³/mol. The minimum absolute atomic E-state index is 0.0438. The van der Waals surface area contributed by atoms with Gasteiger partial charge in [-0.1, -0.05) is 30.3 Å². The summed E-state index contributed by atoms with van der Waals surface area (Å²) in [6.07, 6.45) is 0. The van der Waals surface area contributed by atoms with Gasteiger partial charge in [-0.05, 0) is 30.7 Å². The Morgan fingerprint density at radius 2 is 2.08 bits per heavy atom. The highest BCUT2D eigenvalue weighted by Gasteiger charge is 2.25. The van der Waals surface area contributed by atoms with Crippen LogP contribution in [-0.2, 0) is 4.79 Å². The van der Waals surface area contributed by atoms with Crippen molar-refractivity contribution in [2.75, 3.05) is 27.3 Å². The second kappa shape index (κ2) is 7.57. The van der Waals surface area contributed by atoms with E-state index in [2.05, 4.69) is 24.4 Å². The van der Waals surface area contributed by atoms with Gasteiger partial charge in [0.1, 0.15) is 18.1 Å². The first-order valence-electron chi connectivity index (χ1n) is 8.45. The molecule has 2 aromatic carbocycles. The molecule has 1 N–H and O–H groups in total. The second-order valence-electron chi connectivity index (χ2n) is 6.44. The van der Waals surface area contributed by atoms with Crippen molar-refractivity contribution in [2.24, 2.45) is 0 Å². The number of nitrogens with one attached hydrogen (secondary N) is 1. The summed E-state index contributed by atoms with van der Waals surface area (Å²) in [5, 5.41) is 3.61. The second-order valence-corrected chi connectivity index (χ2v) is 6.44. The number of hydrogen-bond acceptors (Lipinski definition) is 4. The highest BCUT2D eigenvalue weighted by molar-refractivity contribution is 5.77. The molecule has 1 aliphatic heterocycles. The first kappa shape index (κ1) is 17.3. The predicted octanol–water partition coefficient (Wildman–Crippen LogP) is 2.94. The van der Waals surface area contributed by atoms with Gasteiger partial charge in [0.15, 0.2) is 6.61 Å². The van der Waals surface area contributed by atoms with E-state index in [-0.39, 0.29) is 24.6 Å². The number of para-hydroxylation sites is 1. The molecule has 3 rings (SSSR count). The standard InChI is InChI=1S/C20H24N2O3/c1-14(21-18-12-25-19-10-5-4-9-17(18)19)15-7-6-8-16(11-15)24-13-20(23)22(2)3/h4-11,14,18,21H,12-13H2,1-3H3/t14-,18+/m0/s1. The molecule has 0 aliphatic carbocycles. The van der Waals surface area contributed by atoms with Crippen LogP contribution in [0.4, 0.5) is 0 Å². The summed E-state index contributed by atoms with van der Waals surface area (Å²) in [4.78, 5) is 13.2. The molecule has 5 heteroatoms. The Balaban J connectivity index is 1.64. The molecular formula is C20H24N2O3. The van der Waals surface area contributed by atoms with Gasteiger partial charge in [-0.2, -0.15) is 0 Å². The zero-order valence-corrected chi connectivity index (χ0v) is 14.9. The molecule has 1 heterocycles. The van der Waals surface area contributed by atoms with Crippen molar-refractivity contribution in [1.29, 1.82) is 0 Å². The van der Waals surface area contributed by atoms with Crippen molar-refractivity contribution in [3.8, 4) is 11.5 Å². The minimum Gasteiger partial charge on any atom is -0.491 e. The number of benzene rings is 2. The van der Waals surface area contributed by atoms with Crippen LogP contribution in [-0.4, -0.2) is 38.1 Å². The lowest BCUT2D eigenvalue weighted by molar-refractivity contribution is -0.130. The Morgan fingerprint density at radius 3 is 2.88 bits per heavy atom. The highest BCUT2D eigenvalue weighted by Crippen LogP contribution is 2.33. The van der Waals surface area contributed by atoms with Gasteiger partial charge in [-0.15, -0.1) is 0 Å². The molecular weight excluding hydrogens is 316 g/mol. The third-order valence-corrected chi connectivity index (χ3v) is 4.37. The quantitative estimate of drug-likeness (QED) is 0.878. The van der Waals surface area contributed by atoms with Gasteiger partial charge in [0, 0.05) is 25.7 Å². The van der Waals surface area contributed by atoms with Crippen LogP contribution in [0.25, 0.3) is 0 Å². The van der Waals surface area contributed by atoms with E-state index in [0.717, 1.165) is 11.3 Å². The lowest BCUT2D eigenvalue weighted by Crippen LogP contribution is -2.27. The van der Waals surface area contributed by atoms with Gasteiger partial charge >= 0.3 is 0 Å². The third kappa shape index (κ3) is 4.12. The molecule has 0 bridgehead atoms. The maximum atomic E-state index is 11.7. The molecule has 0 saturated heterocycles. The fourth-order valence-electron chi connectivity index (χ4n) is 2.85. The van der Waals surface area contributed by atoms with E-state index < -0.39 is 0 Å². The summed E-state index contributed by atoms with van der Waals surface area (Å²) in [6.45, 7) is 2.80. The average molecular weight is 340 g/mol. The Labute approximate surface area is 148 Å². The molecule has 2 aromatic rings. The van der Waals surface area contributed by atoms with E-state index in [9.17, 15) is 4.79 Å². The zero-order chi connectivity index (χ0) is 17.8. The molecule has 1 amide bonds. The van der Waals surface area contributed by atoms with Crippen LogP contribution >= 0.6 is 0 Å². The molecule has 0 saturated carbocycles. The van der Waals surface area contributed by atoms with Crippen molar-refractivity contribution in [2.45, 2.75) is 19.0 Å². The van der Waals surface area contributed by atoms with Gasteiger partial charge < -0.3 is 19.7 Å². The fraction of sp³-hybridized carbons (Fsp3) is 0.350. The largest absolute Gasteiger partial charge is 0.491 e. The van der Waals surface area contributed by atoms with Gasteiger partial charge in [0.05, 0.1) is 6.04 Å². The molecule has 1 aliphatic rings. The summed E-state index contributed by atoms with van der Waals surface area (Å²) in [7, 11) is 3.44. The summed E-state index contributed by atoms with van der Waals surface area (Å²) in [5.74, 6) is 1.59. The van der Waals surface area contributed by atoms with Crippen LogP contribution in [0.1, 0.15) is 30.1 Å². The number of carbonyl (C=O) groups excluding carboxylic acids is 1. The van der Waals surface area contributed by atoms with Crippen molar-refractivity contribution in [3.05, 3.63) is 59.7 Å². The van der Waals surface area contributed by atoms with E-state index in [4.69, 9.17) is 9.47 Å². The summed E-state index contributed by atoms with van der Waals surface area (Å²) >= 11 is 0. The number of carbonyl (C=O) groups is 1. The maximum Gasteiger partial charge on any atom is 0.259 e. The number of fused-ring (bicyclic) bond motifs is 1. The smallest absolute Gasteiger partial charge is 0.259 e. The van der Waals surface area contributed by atoms with E-state index in [0.29, 0.717) is 12.4 Å². The van der Waals surface area contributed by atoms with Gasteiger partial charge in [0.2, 0.25) is 0 Å². The topological polar surface area (TPSA) is 50.8 Å². The highest BCUT2D eigenvalue weighted by atomic mass is 16.5. The Bertz CT molecular complexity index is 745. The minimum atomic E-state index is -0.0590. The van der Waals surface area contributed by atoms with Crippen LogP contribution in [0.3, 0.4) is 0 Å². The van der Waals surface area contributed by atoms with Crippen molar-refractivity contribution in [1.82, 2.24) is 10.2 Å². The van der Waals surface area contributed by atoms with Crippen molar-refractivity contribution in [3.63, 3.8) is 0 Å². The zero-order valence-electron chi connectivity index (χ0n) is 14.9. The molecule has 0 fully saturated rings. The van der Waals surface area contributed by atoms with Gasteiger partial charge in [-0.3, -0.25) is 4.79 Å². The van der Waals surface area contributed by atoms with Crippen molar-refractivity contribution < 1.29 is 14.3 Å². The van der Waals surface area contributed by atoms with Crippen LogP contribution in [0.5, 0.6) is 11.5 Å². The Morgan fingerprint density at radius 1 is 1.28 bits per heavy atom. The molecule has 0 radical (unpaired) electrons. The van der Waals surface area contributed by atoms with Gasteiger partial charge in [-0.25, -0.2) is 0 Å². The monoisotopic (exact) mass is 340 g/mol. The first-order chi connectivity index (χ1) is 12.0. The van der Waals surface area contributed by atoms with Crippen LogP contribution in [0.15, 0.2) is 48.5 Å². The Hall–Kier alpha value is -2.53. The number of nitrogens with zero attached hydrogens (tertiary/aromatic N) is 1. The van der Waals surface area contributed by atoms with Crippen LogP contribution < -0.4 is 14.8 Å². The number of rotatable bonds is 6. The van der Waals surface area contributed by atoms with Gasteiger partial charge in [0.25, 0.3) is 5.91 Å². The average Bonchev–Trinajstić information content (AvgIpc) is 3.03. The molecule has 5 nitrogen and oxygen atoms in total. The lowest BCUT2D eigenvalue weighted by Gasteiger charge is -2.20. The number of amides is 1. The maximum absolute atomic E-state index is 11.7. The first-order valence-corrected chi connectivity index (χ1v) is 8.45. The van der Waals surface area contributed by atoms with Crippen molar-refractivity contribution >= 4 is 5.91 Å². The number of ether oxygens (including phenoxy) is 2. The summed E-state index contributed by atoms with van der Waals surface area (Å²) in [6, 6.07) is 16.3. The molecule has 0 aromatic heterocycles. The SMILES string of the molecule is C[C@H](N[C@@H]1COc2ccccc21)c1cccc(OCC(=O)N(C)C)c1. The molecule has 2 atom stereocenters. The Kier molecular flexibility index (Phi) is 5.24. The van der Waals surface area contributed by atoms with Crippen LogP contribution in [0.2, 0.25) is 0 Å². The number of hydrogen-bond donors (Lipinski definition) is 1. The van der Waals surface area contributed by atoms with E-state index in [1.54, 1.807) is 14.1 Å². The third-order valence-electron chi connectivity index (χ3n) is 4.37. The van der Waals surface area contributed by atoms with E-state index in [1.807, 2.05) is 36.4 Å². The van der Waals surface area contributed by atoms with Crippen LogP contribution in [0, 0.1) is 0 Å². The normalized spacial score (nSPS) is 16.7. The fourth-order valence-corrected chi connectivity index (χ4v) is 2.85. The number of likely N-dealkylation sites (N-methyl/N-ethyl adjacent to an activating group) is 1. The molecule has 25 heavy (non-hydrogen) atoms. The van der Waals surface area contributed by atoms with E-state index >= 15 is 0 Å². The molecule has 0 spiro atoms. The summed E-state index contributed by atoms with van der Waals surface area (Å²) < 4.78 is 11.3. The molecule has 132 valence electrons. The summed E-state index contributed by atoms with van der Waals surface area (Å²) in [5.41, 5.74) is 2.30. The van der Waals surface area contributed by atoms with E-state index in [1.165, 1.54) is 10.5 Å². The molecule has 0 unspecified atom stereocenters. The lowest BCUT2D eigenvalue weighted by atomic mass is 10.0.